The lowest BCUT2D eigenvalue weighted by Crippen LogP contribution is -2.24. The lowest BCUT2D eigenvalue weighted by atomic mass is 10.1. The molecule has 0 saturated heterocycles. The molecule has 4 heteroatoms. The van der Waals surface area contributed by atoms with Crippen molar-refractivity contribution in [3.8, 4) is 0 Å². The van der Waals surface area contributed by atoms with Crippen LogP contribution in [-0.4, -0.2) is 17.8 Å². The molecule has 0 amide bonds. The Labute approximate surface area is 123 Å². The van der Waals surface area contributed by atoms with Gasteiger partial charge in [-0.1, -0.05) is 12.1 Å². The van der Waals surface area contributed by atoms with Gasteiger partial charge in [0.2, 0.25) is 0 Å². The van der Waals surface area contributed by atoms with E-state index in [0.29, 0.717) is 6.04 Å². The third-order valence-electron chi connectivity index (χ3n) is 3.06. The van der Waals surface area contributed by atoms with E-state index >= 15 is 0 Å². The zero-order valence-corrected chi connectivity index (χ0v) is 12.8. The Morgan fingerprint density at radius 3 is 2.63 bits per heavy atom. The molecule has 2 unspecified atom stereocenters. The molecule has 0 bridgehead atoms. The quantitative estimate of drug-likeness (QED) is 0.725. The van der Waals surface area contributed by atoms with Gasteiger partial charge in [0, 0.05) is 22.2 Å². The molecule has 0 fully saturated rings. The molecule has 0 aromatic carbocycles. The van der Waals surface area contributed by atoms with E-state index in [9.17, 15) is 5.11 Å². The summed E-state index contributed by atoms with van der Waals surface area (Å²) in [5, 5.41) is 17.2. The summed E-state index contributed by atoms with van der Waals surface area (Å²) in [6.45, 7) is 2.81. The van der Waals surface area contributed by atoms with Crippen LogP contribution >= 0.6 is 22.7 Å². The van der Waals surface area contributed by atoms with Crippen LogP contribution in [0.3, 0.4) is 0 Å². The Hall–Kier alpha value is -0.680. The number of rotatable bonds is 8. The third kappa shape index (κ3) is 5.07. The summed E-state index contributed by atoms with van der Waals surface area (Å²) in [7, 11) is 0. The van der Waals surface area contributed by atoms with E-state index in [4.69, 9.17) is 0 Å². The van der Waals surface area contributed by atoms with Crippen molar-refractivity contribution in [1.82, 2.24) is 5.32 Å². The average Bonchev–Trinajstić information content (AvgIpc) is 3.05. The summed E-state index contributed by atoms with van der Waals surface area (Å²) in [5.74, 6) is 0. The van der Waals surface area contributed by atoms with Gasteiger partial charge in [0.15, 0.2) is 0 Å². The van der Waals surface area contributed by atoms with Crippen LogP contribution in [0.15, 0.2) is 35.0 Å². The van der Waals surface area contributed by atoms with Crippen molar-refractivity contribution in [3.63, 3.8) is 0 Å². The van der Waals surface area contributed by atoms with Crippen molar-refractivity contribution in [2.45, 2.75) is 38.3 Å². The van der Waals surface area contributed by atoms with Crippen LogP contribution in [0, 0.1) is 0 Å². The van der Waals surface area contributed by atoms with Gasteiger partial charge in [-0.2, -0.15) is 0 Å². The lowest BCUT2D eigenvalue weighted by molar-refractivity contribution is 0.181. The van der Waals surface area contributed by atoms with Gasteiger partial charge in [0.05, 0.1) is 6.10 Å². The second kappa shape index (κ2) is 7.80. The topological polar surface area (TPSA) is 32.3 Å². The summed E-state index contributed by atoms with van der Waals surface area (Å²) in [6.07, 6.45) is 2.74. The van der Waals surface area contributed by atoms with Crippen molar-refractivity contribution < 1.29 is 5.11 Å². The van der Waals surface area contributed by atoms with E-state index in [0.717, 1.165) is 25.8 Å². The first-order valence-electron chi connectivity index (χ1n) is 6.73. The standard InChI is InChI=1S/C15H21NOS2/c1-12(17)5-2-8-16-14(15-7-4-10-19-15)11-13-6-3-9-18-13/h3-4,6-7,9-10,12,14,16-17H,2,5,8,11H2,1H3. The maximum atomic E-state index is 9.28. The predicted octanol–water partition coefficient (Wildman–Crippen LogP) is 3.84. The minimum absolute atomic E-state index is 0.195. The molecule has 0 aliphatic carbocycles. The van der Waals surface area contributed by atoms with Crippen molar-refractivity contribution in [3.05, 3.63) is 44.8 Å². The Kier molecular flexibility index (Phi) is 6.04. The minimum atomic E-state index is -0.195. The van der Waals surface area contributed by atoms with Crippen LogP contribution in [0.2, 0.25) is 0 Å². The molecule has 2 heterocycles. The molecule has 0 saturated carbocycles. The first-order chi connectivity index (χ1) is 9.25. The highest BCUT2D eigenvalue weighted by Crippen LogP contribution is 2.24. The second-order valence-electron chi connectivity index (χ2n) is 4.80. The van der Waals surface area contributed by atoms with Gasteiger partial charge >= 0.3 is 0 Å². The van der Waals surface area contributed by atoms with Crippen molar-refractivity contribution in [2.75, 3.05) is 6.54 Å². The first kappa shape index (κ1) is 14.7. The van der Waals surface area contributed by atoms with Gasteiger partial charge in [-0.3, -0.25) is 0 Å². The van der Waals surface area contributed by atoms with E-state index in [2.05, 4.69) is 40.3 Å². The molecule has 0 aliphatic rings. The molecule has 0 radical (unpaired) electrons. The van der Waals surface area contributed by atoms with Gasteiger partial charge in [-0.25, -0.2) is 0 Å². The Morgan fingerprint density at radius 2 is 2.00 bits per heavy atom. The summed E-state index contributed by atoms with van der Waals surface area (Å²) < 4.78 is 0. The van der Waals surface area contributed by atoms with Crippen LogP contribution < -0.4 is 5.32 Å². The minimum Gasteiger partial charge on any atom is -0.393 e. The van der Waals surface area contributed by atoms with E-state index < -0.39 is 0 Å². The highest BCUT2D eigenvalue weighted by atomic mass is 32.1. The summed E-state index contributed by atoms with van der Waals surface area (Å²) in [5.41, 5.74) is 0. The SMILES string of the molecule is CC(O)CCCNC(Cc1cccs1)c1cccs1. The molecule has 104 valence electrons. The molecule has 2 N–H and O–H groups in total. The second-order valence-corrected chi connectivity index (χ2v) is 6.81. The molecule has 2 atom stereocenters. The zero-order valence-electron chi connectivity index (χ0n) is 11.2. The van der Waals surface area contributed by atoms with Gasteiger partial charge in [-0.05, 0) is 49.2 Å². The molecular formula is C15H21NOS2. The molecular weight excluding hydrogens is 274 g/mol. The average molecular weight is 295 g/mol. The van der Waals surface area contributed by atoms with Crippen LogP contribution in [0.25, 0.3) is 0 Å². The molecule has 0 aliphatic heterocycles. The molecule has 2 rings (SSSR count). The van der Waals surface area contributed by atoms with Gasteiger partial charge < -0.3 is 10.4 Å². The zero-order chi connectivity index (χ0) is 13.5. The Bertz CT molecular complexity index is 437. The molecule has 2 aromatic rings. The monoisotopic (exact) mass is 295 g/mol. The Balaban J connectivity index is 1.88. The summed E-state index contributed by atoms with van der Waals surface area (Å²) in [4.78, 5) is 2.81. The van der Waals surface area contributed by atoms with Crippen molar-refractivity contribution in [2.24, 2.45) is 0 Å². The highest BCUT2D eigenvalue weighted by molar-refractivity contribution is 7.10. The number of hydrogen-bond donors (Lipinski definition) is 2. The van der Waals surface area contributed by atoms with Gasteiger partial charge in [0.1, 0.15) is 0 Å². The number of aliphatic hydroxyl groups excluding tert-OH is 1. The fraction of sp³-hybridized carbons (Fsp3) is 0.467. The van der Waals surface area contributed by atoms with Crippen LogP contribution in [0.4, 0.5) is 0 Å². The number of thiophene rings is 2. The fourth-order valence-corrected chi connectivity index (χ4v) is 3.62. The van der Waals surface area contributed by atoms with E-state index in [1.807, 2.05) is 29.6 Å². The largest absolute Gasteiger partial charge is 0.393 e. The number of hydrogen-bond acceptors (Lipinski definition) is 4. The van der Waals surface area contributed by atoms with Crippen molar-refractivity contribution >= 4 is 22.7 Å². The smallest absolute Gasteiger partial charge is 0.0512 e. The summed E-state index contributed by atoms with van der Waals surface area (Å²) >= 11 is 3.63. The van der Waals surface area contributed by atoms with Crippen LogP contribution in [0.1, 0.15) is 35.6 Å². The lowest BCUT2D eigenvalue weighted by Gasteiger charge is -2.17. The maximum Gasteiger partial charge on any atom is 0.0512 e. The summed E-state index contributed by atoms with van der Waals surface area (Å²) in [6, 6.07) is 9.01. The third-order valence-corrected chi connectivity index (χ3v) is 4.95. The Morgan fingerprint density at radius 1 is 1.21 bits per heavy atom. The van der Waals surface area contributed by atoms with E-state index in [1.165, 1.54) is 9.75 Å². The highest BCUT2D eigenvalue weighted by Gasteiger charge is 2.13. The van der Waals surface area contributed by atoms with Gasteiger partial charge in [-0.15, -0.1) is 22.7 Å². The molecule has 0 spiro atoms. The fourth-order valence-electron chi connectivity index (χ4n) is 2.07. The van der Waals surface area contributed by atoms with Crippen LogP contribution in [-0.2, 0) is 6.42 Å². The van der Waals surface area contributed by atoms with Crippen molar-refractivity contribution in [1.29, 1.82) is 0 Å². The van der Waals surface area contributed by atoms with Gasteiger partial charge in [0.25, 0.3) is 0 Å². The molecule has 2 aromatic heterocycles. The number of nitrogens with one attached hydrogen (secondary N) is 1. The van der Waals surface area contributed by atoms with E-state index in [1.54, 1.807) is 0 Å². The van der Waals surface area contributed by atoms with Crippen LogP contribution in [0.5, 0.6) is 0 Å². The first-order valence-corrected chi connectivity index (χ1v) is 8.49. The predicted molar refractivity (Wildman–Crippen MR) is 84.0 cm³/mol. The molecule has 19 heavy (non-hydrogen) atoms. The van der Waals surface area contributed by atoms with E-state index in [-0.39, 0.29) is 6.10 Å². The number of aliphatic hydroxyl groups is 1. The molecule has 2 nitrogen and oxygen atoms in total. The maximum absolute atomic E-state index is 9.28. The normalized spacial score (nSPS) is 14.4.